The lowest BCUT2D eigenvalue weighted by Gasteiger charge is -2.36. The van der Waals surface area contributed by atoms with Gasteiger partial charge < -0.3 is 10.2 Å². The molecule has 110 valence electrons. The lowest BCUT2D eigenvalue weighted by Crippen LogP contribution is -2.47. The minimum Gasteiger partial charge on any atom is -0.354 e. The van der Waals surface area contributed by atoms with Crippen LogP contribution in [-0.2, 0) is 6.54 Å². The van der Waals surface area contributed by atoms with Gasteiger partial charge in [0, 0.05) is 45.0 Å². The van der Waals surface area contributed by atoms with Crippen molar-refractivity contribution in [1.29, 1.82) is 0 Å². The van der Waals surface area contributed by atoms with Crippen LogP contribution in [-0.4, -0.2) is 48.6 Å². The van der Waals surface area contributed by atoms with E-state index in [1.807, 2.05) is 6.20 Å². The number of hydrogen-bond donors (Lipinski definition) is 1. The van der Waals surface area contributed by atoms with Crippen molar-refractivity contribution in [1.82, 2.24) is 15.2 Å². The molecule has 1 saturated carbocycles. The van der Waals surface area contributed by atoms with Gasteiger partial charge in [0.25, 0.3) is 0 Å². The van der Waals surface area contributed by atoms with Crippen molar-refractivity contribution in [2.45, 2.75) is 39.3 Å². The maximum Gasteiger partial charge on any atom is 0.131 e. The SMILES string of the molecule is CCNCc1cnc(N2CCN(C3CC3)CC2)c(C)c1. The molecular weight excluding hydrogens is 248 g/mol. The highest BCUT2D eigenvalue weighted by Gasteiger charge is 2.31. The zero-order chi connectivity index (χ0) is 13.9. The minimum absolute atomic E-state index is 0.897. The van der Waals surface area contributed by atoms with Gasteiger partial charge in [0.15, 0.2) is 0 Å². The van der Waals surface area contributed by atoms with Crippen LogP contribution in [0.5, 0.6) is 0 Å². The van der Waals surface area contributed by atoms with E-state index in [-0.39, 0.29) is 0 Å². The Balaban J connectivity index is 1.61. The molecule has 1 aromatic heterocycles. The molecule has 3 rings (SSSR count). The van der Waals surface area contributed by atoms with Crippen LogP contribution >= 0.6 is 0 Å². The van der Waals surface area contributed by atoms with E-state index >= 15 is 0 Å². The average molecular weight is 274 g/mol. The van der Waals surface area contributed by atoms with Gasteiger partial charge in [-0.3, -0.25) is 4.90 Å². The second-order valence-corrected chi connectivity index (χ2v) is 6.02. The largest absolute Gasteiger partial charge is 0.354 e. The summed E-state index contributed by atoms with van der Waals surface area (Å²) < 4.78 is 0. The first-order valence-corrected chi connectivity index (χ1v) is 7.93. The Morgan fingerprint density at radius 2 is 2.00 bits per heavy atom. The second kappa shape index (κ2) is 6.10. The molecule has 1 N–H and O–H groups in total. The van der Waals surface area contributed by atoms with Crippen molar-refractivity contribution in [2.24, 2.45) is 0 Å². The number of piperazine rings is 1. The van der Waals surface area contributed by atoms with Crippen molar-refractivity contribution in [3.05, 3.63) is 23.4 Å². The third-order valence-electron chi connectivity index (χ3n) is 4.36. The van der Waals surface area contributed by atoms with Gasteiger partial charge in [-0.15, -0.1) is 0 Å². The van der Waals surface area contributed by atoms with E-state index < -0.39 is 0 Å². The maximum atomic E-state index is 4.71. The van der Waals surface area contributed by atoms with E-state index in [0.717, 1.165) is 32.2 Å². The third-order valence-corrected chi connectivity index (χ3v) is 4.36. The van der Waals surface area contributed by atoms with Gasteiger partial charge in [0.2, 0.25) is 0 Å². The van der Waals surface area contributed by atoms with Crippen LogP contribution in [0.2, 0.25) is 0 Å². The average Bonchev–Trinajstić information content (AvgIpc) is 3.30. The van der Waals surface area contributed by atoms with Gasteiger partial charge in [-0.1, -0.05) is 6.92 Å². The fourth-order valence-electron chi connectivity index (χ4n) is 3.06. The predicted molar refractivity (Wildman–Crippen MR) is 83.2 cm³/mol. The van der Waals surface area contributed by atoms with Crippen LogP contribution in [0, 0.1) is 6.92 Å². The summed E-state index contributed by atoms with van der Waals surface area (Å²) in [7, 11) is 0. The van der Waals surface area contributed by atoms with Crippen LogP contribution in [0.3, 0.4) is 0 Å². The Morgan fingerprint density at radius 3 is 2.60 bits per heavy atom. The van der Waals surface area contributed by atoms with Crippen molar-refractivity contribution >= 4 is 5.82 Å². The Morgan fingerprint density at radius 1 is 1.25 bits per heavy atom. The molecule has 0 bridgehead atoms. The normalized spacial score (nSPS) is 20.4. The summed E-state index contributed by atoms with van der Waals surface area (Å²) in [5.41, 5.74) is 2.59. The molecule has 1 aromatic rings. The quantitative estimate of drug-likeness (QED) is 0.887. The number of anilines is 1. The predicted octanol–water partition coefficient (Wildman–Crippen LogP) is 1.78. The molecule has 2 fully saturated rings. The number of nitrogens with zero attached hydrogens (tertiary/aromatic N) is 3. The number of pyridine rings is 1. The molecule has 0 aromatic carbocycles. The van der Waals surface area contributed by atoms with Crippen LogP contribution in [0.25, 0.3) is 0 Å². The monoisotopic (exact) mass is 274 g/mol. The summed E-state index contributed by atoms with van der Waals surface area (Å²) in [6, 6.07) is 3.17. The Kier molecular flexibility index (Phi) is 4.22. The number of aryl methyl sites for hydroxylation is 1. The van der Waals surface area contributed by atoms with Gasteiger partial charge in [-0.05, 0) is 43.5 Å². The summed E-state index contributed by atoms with van der Waals surface area (Å²) in [5, 5.41) is 3.36. The first-order valence-electron chi connectivity index (χ1n) is 7.93. The molecule has 0 spiro atoms. The van der Waals surface area contributed by atoms with Crippen LogP contribution < -0.4 is 10.2 Å². The van der Waals surface area contributed by atoms with Gasteiger partial charge in [0.1, 0.15) is 5.82 Å². The van der Waals surface area contributed by atoms with E-state index in [1.54, 1.807) is 0 Å². The maximum absolute atomic E-state index is 4.71. The standard InChI is InChI=1S/C16H26N4/c1-3-17-11-14-10-13(2)16(18-12-14)20-8-6-19(7-9-20)15-4-5-15/h10,12,15,17H,3-9,11H2,1-2H3. The molecule has 1 aliphatic heterocycles. The molecule has 4 nitrogen and oxygen atoms in total. The summed E-state index contributed by atoms with van der Waals surface area (Å²) in [5.74, 6) is 1.18. The fraction of sp³-hybridized carbons (Fsp3) is 0.688. The summed E-state index contributed by atoms with van der Waals surface area (Å²) in [6.07, 6.45) is 4.85. The van der Waals surface area contributed by atoms with Gasteiger partial charge >= 0.3 is 0 Å². The van der Waals surface area contributed by atoms with Gasteiger partial charge in [-0.25, -0.2) is 4.98 Å². The Labute approximate surface area is 122 Å². The van der Waals surface area contributed by atoms with Gasteiger partial charge in [-0.2, -0.15) is 0 Å². The van der Waals surface area contributed by atoms with Crippen molar-refractivity contribution in [2.75, 3.05) is 37.6 Å². The highest BCUT2D eigenvalue weighted by molar-refractivity contribution is 5.47. The first-order chi connectivity index (χ1) is 9.78. The van der Waals surface area contributed by atoms with E-state index in [2.05, 4.69) is 35.0 Å². The summed E-state index contributed by atoms with van der Waals surface area (Å²) >= 11 is 0. The Hall–Kier alpha value is -1.13. The molecule has 0 amide bonds. The summed E-state index contributed by atoms with van der Waals surface area (Å²) in [6.45, 7) is 10.9. The lowest BCUT2D eigenvalue weighted by molar-refractivity contribution is 0.247. The fourth-order valence-corrected chi connectivity index (χ4v) is 3.06. The number of aromatic nitrogens is 1. The molecule has 2 aliphatic rings. The smallest absolute Gasteiger partial charge is 0.131 e. The highest BCUT2D eigenvalue weighted by Crippen LogP contribution is 2.28. The third kappa shape index (κ3) is 3.13. The number of hydrogen-bond acceptors (Lipinski definition) is 4. The molecule has 20 heavy (non-hydrogen) atoms. The molecular formula is C16H26N4. The molecule has 4 heteroatoms. The van der Waals surface area contributed by atoms with Crippen LogP contribution in [0.1, 0.15) is 30.9 Å². The van der Waals surface area contributed by atoms with E-state index in [0.29, 0.717) is 0 Å². The van der Waals surface area contributed by atoms with E-state index in [9.17, 15) is 0 Å². The van der Waals surface area contributed by atoms with Crippen molar-refractivity contribution in [3.63, 3.8) is 0 Å². The first kappa shape index (κ1) is 13.8. The highest BCUT2D eigenvalue weighted by atomic mass is 15.3. The zero-order valence-corrected chi connectivity index (χ0v) is 12.7. The molecule has 0 atom stereocenters. The van der Waals surface area contributed by atoms with Gasteiger partial charge in [0.05, 0.1) is 0 Å². The Bertz CT molecular complexity index is 448. The topological polar surface area (TPSA) is 31.4 Å². The number of rotatable bonds is 5. The minimum atomic E-state index is 0.897. The molecule has 0 radical (unpaired) electrons. The van der Waals surface area contributed by atoms with E-state index in [4.69, 9.17) is 4.98 Å². The molecule has 1 saturated heterocycles. The molecule has 0 unspecified atom stereocenters. The lowest BCUT2D eigenvalue weighted by atomic mass is 10.2. The van der Waals surface area contributed by atoms with Crippen LogP contribution in [0.4, 0.5) is 5.82 Å². The zero-order valence-electron chi connectivity index (χ0n) is 12.7. The molecule has 2 heterocycles. The molecule has 1 aliphatic carbocycles. The van der Waals surface area contributed by atoms with E-state index in [1.165, 1.54) is 42.9 Å². The van der Waals surface area contributed by atoms with Crippen molar-refractivity contribution in [3.8, 4) is 0 Å². The van der Waals surface area contributed by atoms with Crippen molar-refractivity contribution < 1.29 is 0 Å². The second-order valence-electron chi connectivity index (χ2n) is 6.02. The number of nitrogens with one attached hydrogen (secondary N) is 1. The van der Waals surface area contributed by atoms with Crippen LogP contribution in [0.15, 0.2) is 12.3 Å². The summed E-state index contributed by atoms with van der Waals surface area (Å²) in [4.78, 5) is 9.80.